The molecular weight excluding hydrogens is 260 g/mol. The lowest BCUT2D eigenvalue weighted by atomic mass is 9.93. The topological polar surface area (TPSA) is 21.8 Å². The van der Waals surface area contributed by atoms with Crippen molar-refractivity contribution >= 4 is 0 Å². The van der Waals surface area contributed by atoms with Gasteiger partial charge in [-0.3, -0.25) is 0 Å². The molecule has 118 valence electrons. The molecule has 0 aliphatic carbocycles. The van der Waals surface area contributed by atoms with Gasteiger partial charge in [-0.15, -0.1) is 0 Å². The zero-order valence-electron chi connectivity index (χ0n) is 14.3. The molecule has 21 heavy (non-hydrogen) atoms. The highest BCUT2D eigenvalue weighted by molar-refractivity contribution is 5.39. The molecule has 0 bridgehead atoms. The highest BCUT2D eigenvalue weighted by Gasteiger charge is 2.38. The first-order valence-electron chi connectivity index (χ1n) is 8.29. The van der Waals surface area contributed by atoms with E-state index >= 15 is 0 Å². The van der Waals surface area contributed by atoms with Gasteiger partial charge in [0.1, 0.15) is 5.75 Å². The largest absolute Gasteiger partial charge is 0.493 e. The molecule has 1 aromatic rings. The maximum atomic E-state index is 5.97. The average Bonchev–Trinajstić information content (AvgIpc) is 3.14. The second-order valence-corrected chi connectivity index (χ2v) is 7.22. The molecule has 3 unspecified atom stereocenters. The summed E-state index contributed by atoms with van der Waals surface area (Å²) in [6.45, 7) is 14.1. The van der Waals surface area contributed by atoms with Gasteiger partial charge in [-0.2, -0.15) is 0 Å². The van der Waals surface area contributed by atoms with Crippen LogP contribution in [0.5, 0.6) is 5.75 Å². The standard InChI is InChI=1S/C19H30O2/c1-12(2)11-20-18-8-7-16(10-17(18)13(3)4)9-14(5)19-15(6)21-19/h7-8,10,12-15,19H,9,11H2,1-6H3. The van der Waals surface area contributed by atoms with Gasteiger partial charge < -0.3 is 9.47 Å². The minimum Gasteiger partial charge on any atom is -0.493 e. The maximum Gasteiger partial charge on any atom is 0.122 e. The molecule has 0 N–H and O–H groups in total. The Balaban J connectivity index is 2.08. The normalized spacial score (nSPS) is 22.7. The van der Waals surface area contributed by atoms with Crippen LogP contribution < -0.4 is 4.74 Å². The Morgan fingerprint density at radius 1 is 1.14 bits per heavy atom. The van der Waals surface area contributed by atoms with Gasteiger partial charge >= 0.3 is 0 Å². The van der Waals surface area contributed by atoms with Crippen molar-refractivity contribution in [1.82, 2.24) is 0 Å². The zero-order chi connectivity index (χ0) is 15.6. The Morgan fingerprint density at radius 3 is 2.33 bits per heavy atom. The van der Waals surface area contributed by atoms with E-state index in [-0.39, 0.29) is 0 Å². The zero-order valence-corrected chi connectivity index (χ0v) is 14.3. The number of rotatable bonds is 7. The first kappa shape index (κ1) is 16.4. The van der Waals surface area contributed by atoms with Crippen LogP contribution in [0.3, 0.4) is 0 Å². The second kappa shape index (κ2) is 6.83. The molecule has 2 nitrogen and oxygen atoms in total. The predicted octanol–water partition coefficient (Wildman–Crippen LogP) is 4.81. The van der Waals surface area contributed by atoms with Gasteiger partial charge in [0, 0.05) is 0 Å². The summed E-state index contributed by atoms with van der Waals surface area (Å²) in [4.78, 5) is 0. The summed E-state index contributed by atoms with van der Waals surface area (Å²) in [5.41, 5.74) is 2.72. The van der Waals surface area contributed by atoms with E-state index in [1.54, 1.807) is 0 Å². The van der Waals surface area contributed by atoms with E-state index in [9.17, 15) is 0 Å². The van der Waals surface area contributed by atoms with Gasteiger partial charge in [0.15, 0.2) is 0 Å². The predicted molar refractivity (Wildman–Crippen MR) is 88.1 cm³/mol. The molecule has 2 heteroatoms. The summed E-state index contributed by atoms with van der Waals surface area (Å²) in [5, 5.41) is 0. The van der Waals surface area contributed by atoms with Gasteiger partial charge in [-0.1, -0.05) is 46.8 Å². The van der Waals surface area contributed by atoms with Crippen molar-refractivity contribution < 1.29 is 9.47 Å². The third-order valence-corrected chi connectivity index (χ3v) is 4.14. The summed E-state index contributed by atoms with van der Waals surface area (Å²) >= 11 is 0. The minimum atomic E-state index is 0.443. The van der Waals surface area contributed by atoms with Crippen molar-refractivity contribution in [1.29, 1.82) is 0 Å². The van der Waals surface area contributed by atoms with Gasteiger partial charge in [0.05, 0.1) is 18.8 Å². The monoisotopic (exact) mass is 290 g/mol. The smallest absolute Gasteiger partial charge is 0.122 e. The highest BCUT2D eigenvalue weighted by atomic mass is 16.6. The number of ether oxygens (including phenoxy) is 2. The molecule has 0 amide bonds. The highest BCUT2D eigenvalue weighted by Crippen LogP contribution is 2.33. The van der Waals surface area contributed by atoms with Crippen LogP contribution >= 0.6 is 0 Å². The fraction of sp³-hybridized carbons (Fsp3) is 0.684. The molecule has 1 aliphatic heterocycles. The van der Waals surface area contributed by atoms with Crippen LogP contribution in [0, 0.1) is 11.8 Å². The molecule has 3 atom stereocenters. The Hall–Kier alpha value is -1.02. The fourth-order valence-electron chi connectivity index (χ4n) is 2.85. The molecule has 1 aromatic carbocycles. The Morgan fingerprint density at radius 2 is 1.81 bits per heavy atom. The molecule has 1 aliphatic rings. The Kier molecular flexibility index (Phi) is 5.32. The molecular formula is C19H30O2. The van der Waals surface area contributed by atoms with E-state index in [1.807, 2.05) is 0 Å². The van der Waals surface area contributed by atoms with Crippen LogP contribution in [0.2, 0.25) is 0 Å². The molecule has 1 fully saturated rings. The maximum absolute atomic E-state index is 5.97. The van der Waals surface area contributed by atoms with Crippen LogP contribution in [0.4, 0.5) is 0 Å². The molecule has 0 spiro atoms. The molecule has 1 saturated heterocycles. The number of hydrogen-bond donors (Lipinski definition) is 0. The number of epoxide rings is 1. The fourth-order valence-corrected chi connectivity index (χ4v) is 2.85. The van der Waals surface area contributed by atoms with E-state index in [1.165, 1.54) is 11.1 Å². The van der Waals surface area contributed by atoms with Crippen LogP contribution in [0.1, 0.15) is 58.6 Å². The van der Waals surface area contributed by atoms with Gasteiger partial charge in [-0.05, 0) is 48.3 Å². The van der Waals surface area contributed by atoms with E-state index in [0.717, 1.165) is 18.8 Å². The summed E-state index contributed by atoms with van der Waals surface area (Å²) in [7, 11) is 0. The molecule has 0 aromatic heterocycles. The Bertz CT molecular complexity index is 465. The van der Waals surface area contributed by atoms with Crippen LogP contribution in [0.15, 0.2) is 18.2 Å². The number of hydrogen-bond acceptors (Lipinski definition) is 2. The Labute approximate surface area is 129 Å². The van der Waals surface area contributed by atoms with Crippen molar-refractivity contribution in [2.75, 3.05) is 6.61 Å². The quantitative estimate of drug-likeness (QED) is 0.672. The third kappa shape index (κ3) is 4.47. The minimum absolute atomic E-state index is 0.443. The summed E-state index contributed by atoms with van der Waals surface area (Å²) in [6, 6.07) is 6.69. The van der Waals surface area contributed by atoms with E-state index in [0.29, 0.717) is 30.0 Å². The summed E-state index contributed by atoms with van der Waals surface area (Å²) in [5.74, 6) is 2.67. The van der Waals surface area contributed by atoms with Crippen molar-refractivity contribution in [2.45, 2.75) is 66.1 Å². The van der Waals surface area contributed by atoms with Crippen molar-refractivity contribution in [3.63, 3.8) is 0 Å². The first-order chi connectivity index (χ1) is 9.88. The van der Waals surface area contributed by atoms with Crippen LogP contribution in [-0.4, -0.2) is 18.8 Å². The number of benzene rings is 1. The second-order valence-electron chi connectivity index (χ2n) is 7.22. The van der Waals surface area contributed by atoms with E-state index in [2.05, 4.69) is 59.7 Å². The van der Waals surface area contributed by atoms with Crippen molar-refractivity contribution in [3.8, 4) is 5.75 Å². The van der Waals surface area contributed by atoms with Gasteiger partial charge in [-0.25, -0.2) is 0 Å². The lowest BCUT2D eigenvalue weighted by Gasteiger charge is -2.18. The third-order valence-electron chi connectivity index (χ3n) is 4.14. The van der Waals surface area contributed by atoms with Gasteiger partial charge in [0.25, 0.3) is 0 Å². The summed E-state index contributed by atoms with van der Waals surface area (Å²) in [6.07, 6.45) is 1.97. The lowest BCUT2D eigenvalue weighted by molar-refractivity contribution is 0.267. The molecule has 0 saturated carbocycles. The molecule has 0 radical (unpaired) electrons. The molecule has 1 heterocycles. The average molecular weight is 290 g/mol. The van der Waals surface area contributed by atoms with E-state index < -0.39 is 0 Å². The van der Waals surface area contributed by atoms with Crippen molar-refractivity contribution in [2.24, 2.45) is 11.8 Å². The van der Waals surface area contributed by atoms with Crippen LogP contribution in [0.25, 0.3) is 0 Å². The van der Waals surface area contributed by atoms with Gasteiger partial charge in [0.2, 0.25) is 0 Å². The van der Waals surface area contributed by atoms with Crippen molar-refractivity contribution in [3.05, 3.63) is 29.3 Å². The first-order valence-corrected chi connectivity index (χ1v) is 8.29. The SMILES string of the molecule is CC(C)COc1ccc(CC(C)C2OC2C)cc1C(C)C. The lowest BCUT2D eigenvalue weighted by Crippen LogP contribution is -2.10. The summed E-state index contributed by atoms with van der Waals surface area (Å²) < 4.78 is 11.6. The van der Waals surface area contributed by atoms with Crippen LogP contribution in [-0.2, 0) is 11.2 Å². The molecule has 2 rings (SSSR count). The van der Waals surface area contributed by atoms with E-state index in [4.69, 9.17) is 9.47 Å².